The van der Waals surface area contributed by atoms with Crippen molar-refractivity contribution in [3.8, 4) is 0 Å². The normalized spacial score (nSPS) is 20.2. The van der Waals surface area contributed by atoms with E-state index in [0.717, 1.165) is 11.6 Å². The van der Waals surface area contributed by atoms with Gasteiger partial charge in [0.15, 0.2) is 0 Å². The predicted octanol–water partition coefficient (Wildman–Crippen LogP) is 6.55. The van der Waals surface area contributed by atoms with E-state index in [1.807, 2.05) is 0 Å². The van der Waals surface area contributed by atoms with Crippen LogP contribution in [0.4, 0.5) is 0 Å². The molecule has 0 spiro atoms. The van der Waals surface area contributed by atoms with E-state index in [1.165, 1.54) is 31.6 Å². The molecule has 0 aromatic carbocycles. The van der Waals surface area contributed by atoms with Crippen LogP contribution in [0.1, 0.15) is 107 Å². The van der Waals surface area contributed by atoms with Gasteiger partial charge in [-0.2, -0.15) is 5.10 Å². The lowest BCUT2D eigenvalue weighted by Crippen LogP contribution is -2.49. The first-order valence-electron chi connectivity index (χ1n) is 10.7. The lowest BCUT2D eigenvalue weighted by Gasteiger charge is -2.45. The monoisotopic (exact) mass is 377 g/mol. The maximum Gasteiger partial charge on any atom is 0.0678 e. The minimum atomic E-state index is 0.139. The molecule has 1 aromatic heterocycles. The Morgan fingerprint density at radius 3 is 1.78 bits per heavy atom. The first-order chi connectivity index (χ1) is 11.9. The van der Waals surface area contributed by atoms with Crippen molar-refractivity contribution in [2.45, 2.75) is 112 Å². The molecule has 1 aliphatic heterocycles. The quantitative estimate of drug-likeness (QED) is 0.556. The molecule has 1 atom stereocenters. The Labute approximate surface area is 169 Å². The summed E-state index contributed by atoms with van der Waals surface area (Å²) in [5, 5.41) is 7.43. The summed E-state index contributed by atoms with van der Waals surface area (Å²) >= 11 is 0. The van der Waals surface area contributed by atoms with Crippen molar-refractivity contribution < 1.29 is 0 Å². The minimum absolute atomic E-state index is 0.139. The molecule has 1 unspecified atom stereocenters. The van der Waals surface area contributed by atoms with Crippen LogP contribution in [0.15, 0.2) is 6.07 Å². The summed E-state index contributed by atoms with van der Waals surface area (Å²) in [6, 6.07) is 2.17. The molecule has 1 saturated heterocycles. The van der Waals surface area contributed by atoms with Crippen molar-refractivity contribution in [2.24, 2.45) is 11.3 Å². The van der Waals surface area contributed by atoms with E-state index in [4.69, 9.17) is 0 Å². The van der Waals surface area contributed by atoms with Gasteiger partial charge in [-0.3, -0.25) is 10.00 Å². The maximum absolute atomic E-state index is 4.33. The predicted molar refractivity (Wildman–Crippen MR) is 119 cm³/mol. The summed E-state index contributed by atoms with van der Waals surface area (Å²) < 4.78 is 0. The van der Waals surface area contributed by atoms with E-state index in [1.54, 1.807) is 0 Å². The van der Waals surface area contributed by atoms with E-state index in [9.17, 15) is 0 Å². The zero-order chi connectivity index (χ0) is 21.3. The lowest BCUT2D eigenvalue weighted by atomic mass is 9.75. The molecule has 1 aromatic rings. The molecule has 2 rings (SSSR count). The zero-order valence-electron chi connectivity index (χ0n) is 20.4. The molecule has 0 aliphatic carbocycles. The number of aromatic nitrogens is 2. The van der Waals surface area contributed by atoms with Crippen LogP contribution in [0.2, 0.25) is 0 Å². The van der Waals surface area contributed by atoms with Crippen LogP contribution in [0.5, 0.6) is 0 Å². The van der Waals surface area contributed by atoms with Crippen molar-refractivity contribution in [3.63, 3.8) is 0 Å². The first-order valence-corrected chi connectivity index (χ1v) is 10.7. The molecule has 1 fully saturated rings. The average molecular weight is 378 g/mol. The molecule has 1 aliphatic rings. The number of rotatable bonds is 0. The second-order valence-electron chi connectivity index (χ2n) is 12.5. The summed E-state index contributed by atoms with van der Waals surface area (Å²) in [5.41, 5.74) is 3.47. The van der Waals surface area contributed by atoms with Gasteiger partial charge in [0, 0.05) is 28.6 Å². The fourth-order valence-corrected chi connectivity index (χ4v) is 3.38. The molecule has 2 heterocycles. The number of likely N-dealkylation sites (tertiary alicyclic amines) is 1. The molecule has 0 saturated carbocycles. The maximum atomic E-state index is 4.33. The topological polar surface area (TPSA) is 31.9 Å². The summed E-state index contributed by atoms with van der Waals surface area (Å²) in [6.07, 6.45) is 2.79. The number of piperidine rings is 1. The Bertz CT molecular complexity index is 522. The van der Waals surface area contributed by atoms with Crippen LogP contribution in [0, 0.1) is 11.3 Å². The van der Waals surface area contributed by atoms with E-state index in [0.29, 0.717) is 11.0 Å². The van der Waals surface area contributed by atoms with Gasteiger partial charge < -0.3 is 0 Å². The Balaban J connectivity index is 0.000000271. The van der Waals surface area contributed by atoms with Crippen LogP contribution < -0.4 is 0 Å². The minimum Gasteiger partial charge on any atom is -0.298 e. The van der Waals surface area contributed by atoms with Gasteiger partial charge in [0.05, 0.1) is 5.69 Å². The lowest BCUT2D eigenvalue weighted by molar-refractivity contribution is 0.0388. The Hall–Kier alpha value is -0.830. The highest BCUT2D eigenvalue weighted by molar-refractivity contribution is 5.21. The third kappa shape index (κ3) is 7.60. The second-order valence-corrected chi connectivity index (χ2v) is 12.5. The molecule has 3 heteroatoms. The smallest absolute Gasteiger partial charge is 0.0678 e. The fraction of sp³-hybridized carbons (Fsp3) is 0.875. The standard InChI is InChI=1S/C13H27N.C11H20N2/c1-12(2,3)11-8-7-9-14(10-11)13(4,5)6;1-10(2,3)8-7-9(13-12-8)11(4,5)6/h11H,7-10H2,1-6H3;7H,1-6H3,(H,12,13). The average Bonchev–Trinajstić information content (AvgIpc) is 2.96. The van der Waals surface area contributed by atoms with Gasteiger partial charge >= 0.3 is 0 Å². The summed E-state index contributed by atoms with van der Waals surface area (Å²) in [7, 11) is 0. The van der Waals surface area contributed by atoms with Crippen molar-refractivity contribution in [1.82, 2.24) is 15.1 Å². The largest absolute Gasteiger partial charge is 0.298 e. The molecule has 158 valence electrons. The molecule has 0 amide bonds. The van der Waals surface area contributed by atoms with Gasteiger partial charge in [-0.05, 0) is 57.6 Å². The molecule has 27 heavy (non-hydrogen) atoms. The van der Waals surface area contributed by atoms with Gasteiger partial charge in [-0.15, -0.1) is 0 Å². The number of aromatic amines is 1. The number of nitrogens with one attached hydrogen (secondary N) is 1. The van der Waals surface area contributed by atoms with Crippen LogP contribution in [0.25, 0.3) is 0 Å². The van der Waals surface area contributed by atoms with Crippen molar-refractivity contribution in [3.05, 3.63) is 17.5 Å². The fourth-order valence-electron chi connectivity index (χ4n) is 3.38. The van der Waals surface area contributed by atoms with Crippen LogP contribution >= 0.6 is 0 Å². The molecular weight excluding hydrogens is 330 g/mol. The van der Waals surface area contributed by atoms with Gasteiger partial charge in [0.25, 0.3) is 0 Å². The van der Waals surface area contributed by atoms with Gasteiger partial charge in [-0.25, -0.2) is 0 Å². The van der Waals surface area contributed by atoms with Gasteiger partial charge in [-0.1, -0.05) is 62.3 Å². The molecule has 0 bridgehead atoms. The molecular formula is C24H47N3. The van der Waals surface area contributed by atoms with Crippen molar-refractivity contribution in [2.75, 3.05) is 13.1 Å². The van der Waals surface area contributed by atoms with Crippen molar-refractivity contribution >= 4 is 0 Å². The van der Waals surface area contributed by atoms with E-state index in [2.05, 4.69) is 104 Å². The van der Waals surface area contributed by atoms with Gasteiger partial charge in [0.2, 0.25) is 0 Å². The summed E-state index contributed by atoms with van der Waals surface area (Å²) in [5.74, 6) is 0.871. The number of hydrogen-bond acceptors (Lipinski definition) is 2. The molecule has 0 radical (unpaired) electrons. The number of hydrogen-bond donors (Lipinski definition) is 1. The van der Waals surface area contributed by atoms with Crippen LogP contribution in [0.3, 0.4) is 0 Å². The molecule has 1 N–H and O–H groups in total. The van der Waals surface area contributed by atoms with Crippen LogP contribution in [-0.2, 0) is 10.8 Å². The third-order valence-electron chi connectivity index (χ3n) is 5.75. The van der Waals surface area contributed by atoms with E-state index >= 15 is 0 Å². The highest BCUT2D eigenvalue weighted by Crippen LogP contribution is 2.35. The third-order valence-corrected chi connectivity index (χ3v) is 5.75. The Kier molecular flexibility index (Phi) is 7.41. The zero-order valence-corrected chi connectivity index (χ0v) is 20.4. The first kappa shape index (κ1) is 24.2. The summed E-state index contributed by atoms with van der Waals surface area (Å²) in [6.45, 7) is 29.8. The second kappa shape index (κ2) is 8.27. The highest BCUT2D eigenvalue weighted by atomic mass is 15.2. The Morgan fingerprint density at radius 1 is 0.889 bits per heavy atom. The summed E-state index contributed by atoms with van der Waals surface area (Å²) in [4.78, 5) is 2.65. The molecule has 3 nitrogen and oxygen atoms in total. The van der Waals surface area contributed by atoms with Gasteiger partial charge in [0.1, 0.15) is 0 Å². The van der Waals surface area contributed by atoms with Crippen molar-refractivity contribution in [1.29, 1.82) is 0 Å². The Morgan fingerprint density at radius 2 is 1.44 bits per heavy atom. The number of H-pyrrole nitrogens is 1. The van der Waals surface area contributed by atoms with E-state index in [-0.39, 0.29) is 10.8 Å². The SMILES string of the molecule is CC(C)(C)C1CCCN(C(C)(C)C)C1.CC(C)(C)c1cc(C(C)(C)C)[nH]n1. The number of nitrogens with zero attached hydrogens (tertiary/aromatic N) is 2. The van der Waals surface area contributed by atoms with Crippen LogP contribution in [-0.4, -0.2) is 33.7 Å². The highest BCUT2D eigenvalue weighted by Gasteiger charge is 2.33. The van der Waals surface area contributed by atoms with E-state index < -0.39 is 0 Å².